The maximum absolute atomic E-state index is 12.3. The number of nitrogens with one attached hydrogen (secondary N) is 1. The van der Waals surface area contributed by atoms with Crippen molar-refractivity contribution in [3.05, 3.63) is 57.0 Å². The fourth-order valence-corrected chi connectivity index (χ4v) is 3.82. The van der Waals surface area contributed by atoms with Gasteiger partial charge in [0.2, 0.25) is 15.9 Å². The predicted molar refractivity (Wildman–Crippen MR) is 104 cm³/mol. The first-order valence-electron chi connectivity index (χ1n) is 6.97. The Morgan fingerprint density at radius 2 is 1.79 bits per heavy atom. The molecule has 0 bridgehead atoms. The zero-order chi connectivity index (χ0) is 17.9. The molecule has 128 valence electrons. The smallest absolute Gasteiger partial charge is 0.245 e. The standard InChI is InChI=1S/C16H16Br2N2O3S/c1-11-9-12(7-8-13(11)17)19-16(21)10-20(24(2,22)23)15-6-4-3-5-14(15)18/h3-9H,10H2,1-2H3,(H,19,21). The van der Waals surface area contributed by atoms with E-state index in [0.29, 0.717) is 15.8 Å². The number of anilines is 2. The SMILES string of the molecule is Cc1cc(NC(=O)CN(c2ccccc2Br)S(C)(=O)=O)ccc1Br. The quantitative estimate of drug-likeness (QED) is 0.712. The van der Waals surface area contributed by atoms with E-state index in [1.54, 1.807) is 30.3 Å². The summed E-state index contributed by atoms with van der Waals surface area (Å²) in [6, 6.07) is 12.2. The third-order valence-corrected chi connectivity index (χ3v) is 5.94. The predicted octanol–water partition coefficient (Wildman–Crippen LogP) is 3.92. The van der Waals surface area contributed by atoms with Crippen molar-refractivity contribution in [2.24, 2.45) is 0 Å². The van der Waals surface area contributed by atoms with Crippen molar-refractivity contribution in [3.63, 3.8) is 0 Å². The van der Waals surface area contributed by atoms with Crippen LogP contribution in [0.3, 0.4) is 0 Å². The highest BCUT2D eigenvalue weighted by atomic mass is 79.9. The number of benzene rings is 2. The molecule has 0 atom stereocenters. The summed E-state index contributed by atoms with van der Waals surface area (Å²) in [5.74, 6) is -0.419. The normalized spacial score (nSPS) is 11.2. The van der Waals surface area contributed by atoms with Crippen molar-refractivity contribution < 1.29 is 13.2 Å². The van der Waals surface area contributed by atoms with E-state index in [9.17, 15) is 13.2 Å². The van der Waals surface area contributed by atoms with Crippen LogP contribution < -0.4 is 9.62 Å². The number of hydrogen-bond acceptors (Lipinski definition) is 3. The van der Waals surface area contributed by atoms with Gasteiger partial charge in [0.25, 0.3) is 0 Å². The summed E-state index contributed by atoms with van der Waals surface area (Å²) < 4.78 is 26.8. The minimum Gasteiger partial charge on any atom is -0.325 e. The number of nitrogens with zero attached hydrogens (tertiary/aromatic N) is 1. The van der Waals surface area contributed by atoms with Crippen LogP contribution in [0.15, 0.2) is 51.4 Å². The molecular weight excluding hydrogens is 460 g/mol. The van der Waals surface area contributed by atoms with Gasteiger partial charge in [0.15, 0.2) is 0 Å². The van der Waals surface area contributed by atoms with Gasteiger partial charge in [0.1, 0.15) is 6.54 Å². The second-order valence-corrected chi connectivity index (χ2v) is 8.85. The minimum absolute atomic E-state index is 0.309. The van der Waals surface area contributed by atoms with Crippen molar-refractivity contribution in [2.45, 2.75) is 6.92 Å². The number of sulfonamides is 1. The molecule has 2 rings (SSSR count). The highest BCUT2D eigenvalue weighted by Gasteiger charge is 2.22. The van der Waals surface area contributed by atoms with Crippen LogP contribution in [0, 0.1) is 6.92 Å². The molecule has 24 heavy (non-hydrogen) atoms. The number of rotatable bonds is 5. The zero-order valence-corrected chi connectivity index (χ0v) is 17.1. The number of hydrogen-bond donors (Lipinski definition) is 1. The number of amides is 1. The van der Waals surface area contributed by atoms with Crippen LogP contribution in [0.1, 0.15) is 5.56 Å². The Bertz CT molecular complexity index is 869. The Hall–Kier alpha value is -1.38. The number of aryl methyl sites for hydroxylation is 1. The second-order valence-electron chi connectivity index (χ2n) is 5.23. The van der Waals surface area contributed by atoms with Crippen molar-refractivity contribution in [1.82, 2.24) is 0 Å². The molecule has 0 saturated carbocycles. The van der Waals surface area contributed by atoms with Crippen LogP contribution in [0.4, 0.5) is 11.4 Å². The first-order chi connectivity index (χ1) is 11.2. The van der Waals surface area contributed by atoms with Gasteiger partial charge >= 0.3 is 0 Å². The molecule has 0 unspecified atom stereocenters. The van der Waals surface area contributed by atoms with Gasteiger partial charge in [-0.15, -0.1) is 0 Å². The summed E-state index contributed by atoms with van der Waals surface area (Å²) in [4.78, 5) is 12.3. The molecule has 5 nitrogen and oxygen atoms in total. The fourth-order valence-electron chi connectivity index (χ4n) is 2.09. The summed E-state index contributed by atoms with van der Waals surface area (Å²) in [6.45, 7) is 1.60. The Morgan fingerprint density at radius 3 is 2.38 bits per heavy atom. The highest BCUT2D eigenvalue weighted by Crippen LogP contribution is 2.27. The molecule has 1 amide bonds. The molecule has 0 spiro atoms. The van der Waals surface area contributed by atoms with E-state index in [1.165, 1.54) is 0 Å². The second kappa shape index (κ2) is 7.67. The maximum atomic E-state index is 12.3. The van der Waals surface area contributed by atoms with E-state index < -0.39 is 15.9 Å². The van der Waals surface area contributed by atoms with E-state index in [4.69, 9.17) is 0 Å². The van der Waals surface area contributed by atoms with Crippen LogP contribution in [0.2, 0.25) is 0 Å². The van der Waals surface area contributed by atoms with E-state index in [1.807, 2.05) is 19.1 Å². The lowest BCUT2D eigenvalue weighted by Crippen LogP contribution is -2.37. The zero-order valence-electron chi connectivity index (χ0n) is 13.1. The van der Waals surface area contributed by atoms with Crippen LogP contribution in [0.5, 0.6) is 0 Å². The molecular formula is C16H16Br2N2O3S. The molecule has 0 radical (unpaired) electrons. The van der Waals surface area contributed by atoms with E-state index >= 15 is 0 Å². The molecule has 2 aromatic rings. The molecule has 1 N–H and O–H groups in total. The topological polar surface area (TPSA) is 66.5 Å². The third-order valence-electron chi connectivity index (χ3n) is 3.25. The lowest BCUT2D eigenvalue weighted by Gasteiger charge is -2.23. The Balaban J connectivity index is 2.22. The van der Waals surface area contributed by atoms with Crippen molar-refractivity contribution in [2.75, 3.05) is 22.4 Å². The molecule has 0 aliphatic heterocycles. The van der Waals surface area contributed by atoms with Gasteiger partial charge in [-0.05, 0) is 58.7 Å². The first kappa shape index (κ1) is 19.0. The molecule has 0 fully saturated rings. The summed E-state index contributed by atoms with van der Waals surface area (Å²) in [6.07, 6.45) is 1.07. The third kappa shape index (κ3) is 4.81. The van der Waals surface area contributed by atoms with Crippen molar-refractivity contribution in [3.8, 4) is 0 Å². The molecule has 0 aliphatic rings. The largest absolute Gasteiger partial charge is 0.325 e. The van der Waals surface area contributed by atoms with Crippen LogP contribution in [-0.4, -0.2) is 27.1 Å². The van der Waals surface area contributed by atoms with Gasteiger partial charge in [-0.3, -0.25) is 9.10 Å². The summed E-state index contributed by atoms with van der Waals surface area (Å²) in [5.41, 5.74) is 2.00. The minimum atomic E-state index is -3.61. The van der Waals surface area contributed by atoms with Crippen molar-refractivity contribution >= 4 is 59.2 Å². The Morgan fingerprint density at radius 1 is 1.12 bits per heavy atom. The van der Waals surface area contributed by atoms with Crippen LogP contribution in [0.25, 0.3) is 0 Å². The van der Waals surface area contributed by atoms with Crippen LogP contribution in [-0.2, 0) is 14.8 Å². The Kier molecular flexibility index (Phi) is 6.06. The number of para-hydroxylation sites is 1. The monoisotopic (exact) mass is 474 g/mol. The molecule has 0 heterocycles. The molecule has 0 saturated heterocycles. The van der Waals surface area contributed by atoms with Gasteiger partial charge in [-0.25, -0.2) is 8.42 Å². The summed E-state index contributed by atoms with van der Waals surface area (Å²) in [7, 11) is -3.61. The highest BCUT2D eigenvalue weighted by molar-refractivity contribution is 9.11. The first-order valence-corrected chi connectivity index (χ1v) is 10.4. The van der Waals surface area contributed by atoms with E-state index in [-0.39, 0.29) is 6.54 Å². The van der Waals surface area contributed by atoms with Gasteiger partial charge in [0, 0.05) is 14.6 Å². The van der Waals surface area contributed by atoms with Gasteiger partial charge in [0.05, 0.1) is 11.9 Å². The van der Waals surface area contributed by atoms with E-state index in [0.717, 1.165) is 20.6 Å². The average molecular weight is 476 g/mol. The van der Waals surface area contributed by atoms with Gasteiger partial charge in [-0.2, -0.15) is 0 Å². The molecule has 0 aromatic heterocycles. The maximum Gasteiger partial charge on any atom is 0.245 e. The fraction of sp³-hybridized carbons (Fsp3) is 0.188. The van der Waals surface area contributed by atoms with Gasteiger partial charge in [-0.1, -0.05) is 28.1 Å². The molecule has 2 aromatic carbocycles. The number of halogens is 2. The van der Waals surface area contributed by atoms with Crippen molar-refractivity contribution in [1.29, 1.82) is 0 Å². The van der Waals surface area contributed by atoms with E-state index in [2.05, 4.69) is 37.2 Å². The Labute approximate surface area is 158 Å². The number of carbonyl (C=O) groups excluding carboxylic acids is 1. The average Bonchev–Trinajstić information content (AvgIpc) is 2.48. The van der Waals surface area contributed by atoms with Crippen LogP contribution >= 0.6 is 31.9 Å². The number of carbonyl (C=O) groups is 1. The molecule has 8 heteroatoms. The van der Waals surface area contributed by atoms with Gasteiger partial charge < -0.3 is 5.32 Å². The lowest BCUT2D eigenvalue weighted by molar-refractivity contribution is -0.114. The lowest BCUT2D eigenvalue weighted by atomic mass is 10.2. The summed E-state index contributed by atoms with van der Waals surface area (Å²) in [5, 5.41) is 2.72. The molecule has 0 aliphatic carbocycles. The summed E-state index contributed by atoms with van der Waals surface area (Å²) >= 11 is 6.72.